The fourth-order valence-corrected chi connectivity index (χ4v) is 3.79. The van der Waals surface area contributed by atoms with E-state index in [1.54, 1.807) is 7.11 Å². The van der Waals surface area contributed by atoms with E-state index in [0.717, 1.165) is 38.2 Å². The van der Waals surface area contributed by atoms with E-state index in [1.807, 2.05) is 25.1 Å². The third-order valence-corrected chi connectivity index (χ3v) is 5.58. The molecule has 28 heavy (non-hydrogen) atoms. The summed E-state index contributed by atoms with van der Waals surface area (Å²) in [4.78, 5) is 9.92. The van der Waals surface area contributed by atoms with Crippen LogP contribution in [0.15, 0.2) is 51.9 Å². The summed E-state index contributed by atoms with van der Waals surface area (Å²) in [6.45, 7) is 10.8. The van der Waals surface area contributed by atoms with E-state index < -0.39 is 0 Å². The minimum atomic E-state index is 0.345. The van der Waals surface area contributed by atoms with Gasteiger partial charge in [-0.25, -0.2) is 4.98 Å². The number of ether oxygens (including phenoxy) is 1. The van der Waals surface area contributed by atoms with Crippen molar-refractivity contribution in [2.24, 2.45) is 4.99 Å². The molecule has 0 bridgehead atoms. The molecule has 0 saturated carbocycles. The number of hydrogen-bond donors (Lipinski definition) is 0. The minimum absolute atomic E-state index is 0.345. The number of halogens is 1. The highest BCUT2D eigenvalue weighted by Crippen LogP contribution is 2.38. The van der Waals surface area contributed by atoms with Crippen molar-refractivity contribution in [1.29, 1.82) is 0 Å². The molecular formula is C24H27BrN2O. The molecular weight excluding hydrogens is 412 g/mol. The molecule has 1 aromatic heterocycles. The molecule has 0 N–H and O–H groups in total. The molecule has 2 aromatic carbocycles. The van der Waals surface area contributed by atoms with Crippen LogP contribution in [0.25, 0.3) is 10.9 Å². The molecule has 0 amide bonds. The Bertz CT molecular complexity index is 1010. The van der Waals surface area contributed by atoms with Crippen LogP contribution in [-0.2, 0) is 0 Å². The van der Waals surface area contributed by atoms with Crippen LogP contribution in [0.5, 0.6) is 5.75 Å². The van der Waals surface area contributed by atoms with E-state index in [4.69, 9.17) is 14.7 Å². The van der Waals surface area contributed by atoms with Gasteiger partial charge in [0, 0.05) is 9.86 Å². The third kappa shape index (κ3) is 4.12. The van der Waals surface area contributed by atoms with Crippen LogP contribution in [0, 0.1) is 0 Å². The second kappa shape index (κ2) is 8.44. The first-order chi connectivity index (χ1) is 13.3. The van der Waals surface area contributed by atoms with Crippen LogP contribution in [-0.4, -0.2) is 17.8 Å². The lowest BCUT2D eigenvalue weighted by Crippen LogP contribution is -2.02. The molecule has 0 aliphatic heterocycles. The molecule has 0 spiro atoms. The zero-order chi connectivity index (χ0) is 20.4. The Hall–Kier alpha value is -2.20. The van der Waals surface area contributed by atoms with Crippen molar-refractivity contribution in [3.63, 3.8) is 0 Å². The number of rotatable bonds is 5. The highest BCUT2D eigenvalue weighted by atomic mass is 79.9. The number of methoxy groups -OCH3 is 1. The molecule has 3 rings (SSSR count). The normalized spacial score (nSPS) is 12.2. The van der Waals surface area contributed by atoms with Crippen LogP contribution in [0.2, 0.25) is 0 Å². The first kappa shape index (κ1) is 20.5. The maximum Gasteiger partial charge on any atom is 0.119 e. The van der Waals surface area contributed by atoms with Gasteiger partial charge in [0.2, 0.25) is 0 Å². The number of fused-ring (bicyclic) bond motifs is 1. The van der Waals surface area contributed by atoms with Gasteiger partial charge >= 0.3 is 0 Å². The van der Waals surface area contributed by atoms with Gasteiger partial charge in [-0.1, -0.05) is 45.9 Å². The summed E-state index contributed by atoms with van der Waals surface area (Å²) < 4.78 is 6.53. The highest BCUT2D eigenvalue weighted by molar-refractivity contribution is 9.10. The molecule has 146 valence electrons. The SMILES string of the molecule is COc1cc(C(C)C)c(/N=C(\C)c2ccc3cccc(Br)c3n2)c(C(C)C)c1. The molecule has 1 heterocycles. The topological polar surface area (TPSA) is 34.5 Å². The van der Waals surface area contributed by atoms with Gasteiger partial charge in [-0.3, -0.25) is 4.99 Å². The molecule has 4 heteroatoms. The number of pyridine rings is 1. The molecule has 0 radical (unpaired) electrons. The van der Waals surface area contributed by atoms with E-state index in [0.29, 0.717) is 11.8 Å². The Kier molecular flexibility index (Phi) is 6.19. The Balaban J connectivity index is 2.18. The summed E-state index contributed by atoms with van der Waals surface area (Å²) in [5.41, 5.74) is 6.19. The van der Waals surface area contributed by atoms with Gasteiger partial charge in [-0.15, -0.1) is 0 Å². The lowest BCUT2D eigenvalue weighted by Gasteiger charge is -2.19. The Morgan fingerprint density at radius 3 is 2.21 bits per heavy atom. The summed E-state index contributed by atoms with van der Waals surface area (Å²) in [6, 6.07) is 14.5. The zero-order valence-corrected chi connectivity index (χ0v) is 19.0. The van der Waals surface area contributed by atoms with Gasteiger partial charge in [0.1, 0.15) is 5.75 Å². The van der Waals surface area contributed by atoms with Crippen LogP contribution in [0.1, 0.15) is 63.3 Å². The number of benzene rings is 2. The van der Waals surface area contributed by atoms with Gasteiger partial charge in [-0.05, 0) is 70.1 Å². The van der Waals surface area contributed by atoms with Crippen molar-refractivity contribution in [1.82, 2.24) is 4.98 Å². The van der Waals surface area contributed by atoms with Crippen LogP contribution < -0.4 is 4.74 Å². The molecule has 0 fully saturated rings. The van der Waals surface area contributed by atoms with E-state index >= 15 is 0 Å². The number of para-hydroxylation sites is 1. The van der Waals surface area contributed by atoms with Gasteiger partial charge < -0.3 is 4.74 Å². The number of hydrogen-bond acceptors (Lipinski definition) is 3. The van der Waals surface area contributed by atoms with Crippen molar-refractivity contribution in [2.75, 3.05) is 7.11 Å². The molecule has 0 aliphatic carbocycles. The summed E-state index contributed by atoms with van der Waals surface area (Å²) in [7, 11) is 1.72. The predicted octanol–water partition coefficient (Wildman–Crippen LogP) is 7.39. The summed E-state index contributed by atoms with van der Waals surface area (Å²) in [5, 5.41) is 1.11. The largest absolute Gasteiger partial charge is 0.497 e. The summed E-state index contributed by atoms with van der Waals surface area (Å²) >= 11 is 3.61. The van der Waals surface area contributed by atoms with Gasteiger partial charge in [0.15, 0.2) is 0 Å². The van der Waals surface area contributed by atoms with Crippen molar-refractivity contribution >= 4 is 38.2 Å². The lowest BCUT2D eigenvalue weighted by atomic mass is 9.92. The molecule has 0 unspecified atom stereocenters. The van der Waals surface area contributed by atoms with Crippen molar-refractivity contribution in [3.8, 4) is 5.75 Å². The molecule has 0 atom stereocenters. The maximum atomic E-state index is 5.54. The quantitative estimate of drug-likeness (QED) is 0.389. The summed E-state index contributed by atoms with van der Waals surface area (Å²) in [5.74, 6) is 1.58. The van der Waals surface area contributed by atoms with Crippen molar-refractivity contribution in [2.45, 2.75) is 46.5 Å². The summed E-state index contributed by atoms with van der Waals surface area (Å²) in [6.07, 6.45) is 0. The number of nitrogens with zero attached hydrogens (tertiary/aromatic N) is 2. The number of aliphatic imine (C=N–C) groups is 1. The molecule has 0 saturated heterocycles. The smallest absolute Gasteiger partial charge is 0.119 e. The van der Waals surface area contributed by atoms with Gasteiger partial charge in [-0.2, -0.15) is 0 Å². The second-order valence-electron chi connectivity index (χ2n) is 7.67. The highest BCUT2D eigenvalue weighted by Gasteiger charge is 2.17. The van der Waals surface area contributed by atoms with Gasteiger partial charge in [0.05, 0.1) is 29.7 Å². The molecule has 0 aliphatic rings. The van der Waals surface area contributed by atoms with E-state index in [9.17, 15) is 0 Å². The first-order valence-electron chi connectivity index (χ1n) is 9.64. The Morgan fingerprint density at radius 1 is 1.00 bits per heavy atom. The average molecular weight is 439 g/mol. The maximum absolute atomic E-state index is 5.54. The molecule has 3 nitrogen and oxygen atoms in total. The average Bonchev–Trinajstić information content (AvgIpc) is 2.67. The second-order valence-corrected chi connectivity index (χ2v) is 8.52. The lowest BCUT2D eigenvalue weighted by molar-refractivity contribution is 0.413. The standard InChI is InChI=1S/C24H27BrN2O/c1-14(2)19-12-18(28-6)13-20(15(3)4)24(19)26-16(5)22-11-10-17-8-7-9-21(25)23(17)27-22/h7-15H,1-6H3/b26-16+. The monoisotopic (exact) mass is 438 g/mol. The molecule has 3 aromatic rings. The van der Waals surface area contributed by atoms with Crippen molar-refractivity contribution < 1.29 is 4.74 Å². The number of aromatic nitrogens is 1. The van der Waals surface area contributed by atoms with Crippen LogP contribution >= 0.6 is 15.9 Å². The van der Waals surface area contributed by atoms with Crippen LogP contribution in [0.4, 0.5) is 5.69 Å². The Morgan fingerprint density at radius 2 is 1.64 bits per heavy atom. The van der Waals surface area contributed by atoms with E-state index in [-0.39, 0.29) is 0 Å². The van der Waals surface area contributed by atoms with Gasteiger partial charge in [0.25, 0.3) is 0 Å². The van der Waals surface area contributed by atoms with Crippen molar-refractivity contribution in [3.05, 3.63) is 63.8 Å². The zero-order valence-electron chi connectivity index (χ0n) is 17.4. The van der Waals surface area contributed by atoms with E-state index in [2.05, 4.69) is 67.9 Å². The Labute approximate surface area is 176 Å². The fraction of sp³-hybridized carbons (Fsp3) is 0.333. The van der Waals surface area contributed by atoms with Crippen LogP contribution in [0.3, 0.4) is 0 Å². The third-order valence-electron chi connectivity index (χ3n) is 4.94. The minimum Gasteiger partial charge on any atom is -0.497 e. The predicted molar refractivity (Wildman–Crippen MR) is 122 cm³/mol. The van der Waals surface area contributed by atoms with E-state index in [1.165, 1.54) is 11.1 Å². The fourth-order valence-electron chi connectivity index (χ4n) is 3.32. The first-order valence-corrected chi connectivity index (χ1v) is 10.4.